The average molecular weight is 397 g/mol. The Morgan fingerprint density at radius 1 is 1.56 bits per heavy atom. The van der Waals surface area contributed by atoms with Gasteiger partial charge < -0.3 is 15.0 Å². The fourth-order valence-electron chi connectivity index (χ4n) is 3.11. The van der Waals surface area contributed by atoms with Crippen LogP contribution < -0.4 is 10.0 Å². The van der Waals surface area contributed by atoms with Gasteiger partial charge in [-0.15, -0.1) is 0 Å². The number of pyridine rings is 1. The predicted molar refractivity (Wildman–Crippen MR) is 97.8 cm³/mol. The lowest BCUT2D eigenvalue weighted by Crippen LogP contribution is -2.38. The molecule has 1 aliphatic heterocycles. The number of hydrogen-bond donors (Lipinski definition) is 4. The first-order chi connectivity index (χ1) is 12.8. The first kappa shape index (κ1) is 19.6. The van der Waals surface area contributed by atoms with Crippen LogP contribution in [0.3, 0.4) is 0 Å². The number of carbonyl (C=O) groups is 1. The Labute approximate surface area is 157 Å². The summed E-state index contributed by atoms with van der Waals surface area (Å²) in [7, 11) is 0.647. The van der Waals surface area contributed by atoms with E-state index in [1.54, 1.807) is 24.7 Å². The van der Waals surface area contributed by atoms with E-state index in [4.69, 9.17) is 4.78 Å². The zero-order valence-electron chi connectivity index (χ0n) is 14.9. The number of rotatable bonds is 4. The number of nitrogens with zero attached hydrogens (tertiary/aromatic N) is 2. The van der Waals surface area contributed by atoms with E-state index in [9.17, 15) is 18.7 Å². The van der Waals surface area contributed by atoms with E-state index in [0.717, 1.165) is 11.6 Å². The summed E-state index contributed by atoms with van der Waals surface area (Å²) in [6.07, 6.45) is 0.743. The van der Waals surface area contributed by atoms with Crippen LogP contribution in [-0.4, -0.2) is 32.7 Å². The quantitative estimate of drug-likeness (QED) is 0.637. The zero-order chi connectivity index (χ0) is 19.7. The minimum absolute atomic E-state index is 0.228. The van der Waals surface area contributed by atoms with Gasteiger partial charge in [0, 0.05) is 31.2 Å². The third-order valence-electron chi connectivity index (χ3n) is 4.50. The Morgan fingerprint density at radius 3 is 2.96 bits per heavy atom. The van der Waals surface area contributed by atoms with Crippen LogP contribution in [0, 0.1) is 4.78 Å². The molecular weight excluding hydrogens is 376 g/mol. The lowest BCUT2D eigenvalue weighted by Gasteiger charge is -2.19. The molecule has 3 unspecified atom stereocenters. The number of nitrogens with one attached hydrogen (secondary N) is 3. The number of carbonyl (C=O) groups excluding carboxylic acids is 1. The molecule has 1 amide bonds. The van der Waals surface area contributed by atoms with Gasteiger partial charge in [0.1, 0.15) is 11.4 Å². The minimum Gasteiger partial charge on any atom is -0.392 e. The normalized spacial score (nSPS) is 20.8. The van der Waals surface area contributed by atoms with Crippen LogP contribution in [0.25, 0.3) is 0 Å². The van der Waals surface area contributed by atoms with Gasteiger partial charge in [0.05, 0.1) is 11.0 Å². The molecular formula is C17H21F2N5O2S. The summed E-state index contributed by atoms with van der Waals surface area (Å²) in [6.45, 7) is 1.67. The first-order valence-electron chi connectivity index (χ1n) is 8.41. The molecule has 10 heteroatoms. The highest BCUT2D eigenvalue weighted by Crippen LogP contribution is 2.27. The molecule has 0 spiro atoms. The summed E-state index contributed by atoms with van der Waals surface area (Å²) in [4.78, 5) is 17.1. The Balaban J connectivity index is 1.89. The summed E-state index contributed by atoms with van der Waals surface area (Å²) in [5.74, 6) is -0.433. The summed E-state index contributed by atoms with van der Waals surface area (Å²) >= 11 is 0. The highest BCUT2D eigenvalue weighted by Gasteiger charge is 2.28. The number of aliphatic hydroxyl groups is 1. The number of alkyl halides is 2. The van der Waals surface area contributed by atoms with Gasteiger partial charge >= 0.3 is 0 Å². The molecule has 0 radical (unpaired) electrons. The smallest absolute Gasteiger partial charge is 0.280 e. The lowest BCUT2D eigenvalue weighted by atomic mass is 10.0. The van der Waals surface area contributed by atoms with Crippen LogP contribution in [0.1, 0.15) is 41.5 Å². The van der Waals surface area contributed by atoms with Crippen LogP contribution in [-0.2, 0) is 24.3 Å². The molecule has 7 nitrogen and oxygen atoms in total. The molecule has 146 valence electrons. The molecule has 0 aliphatic carbocycles. The average Bonchev–Trinajstić information content (AvgIpc) is 2.86. The number of amides is 1. The van der Waals surface area contributed by atoms with E-state index >= 15 is 0 Å². The molecule has 0 saturated heterocycles. The summed E-state index contributed by atoms with van der Waals surface area (Å²) < 4.78 is 38.7. The maximum absolute atomic E-state index is 12.8. The SMILES string of the molecule is CC(O)C1CCc2c(cn(C)c2C(=O)Nc2ccnc(C(F)F)c2)S(=N)N1. The Hall–Kier alpha value is -2.17. The van der Waals surface area contributed by atoms with Crippen molar-refractivity contribution >= 4 is 22.5 Å². The molecule has 4 N–H and O–H groups in total. The van der Waals surface area contributed by atoms with Crippen molar-refractivity contribution in [2.45, 2.75) is 43.2 Å². The number of fused-ring (bicyclic) bond motifs is 1. The molecule has 0 aromatic carbocycles. The molecule has 3 rings (SSSR count). The van der Waals surface area contributed by atoms with Gasteiger partial charge in [0.2, 0.25) is 0 Å². The standard InChI is InChI=1S/C17H21F2N5O2S/c1-9(25)12-4-3-11-14(27(20)23-12)8-24(2)15(11)17(26)22-10-5-6-21-13(7-10)16(18)19/h5-9,12,16,25H,3-4H2,1-2H3,(H2,20,23)(H,21,22,26). The van der Waals surface area contributed by atoms with E-state index in [1.165, 1.54) is 12.3 Å². The number of aliphatic hydroxyl groups excluding tert-OH is 1. The van der Waals surface area contributed by atoms with Crippen molar-refractivity contribution in [3.8, 4) is 0 Å². The number of halogens is 2. The van der Waals surface area contributed by atoms with Crippen molar-refractivity contribution in [3.63, 3.8) is 0 Å². The van der Waals surface area contributed by atoms with E-state index in [1.807, 2.05) is 0 Å². The predicted octanol–water partition coefficient (Wildman–Crippen LogP) is 2.55. The van der Waals surface area contributed by atoms with Crippen molar-refractivity contribution < 1.29 is 18.7 Å². The van der Waals surface area contributed by atoms with Crippen molar-refractivity contribution in [1.82, 2.24) is 14.3 Å². The molecule has 0 saturated carbocycles. The molecule has 3 heterocycles. The van der Waals surface area contributed by atoms with Gasteiger partial charge in [-0.2, -0.15) is 0 Å². The third-order valence-corrected chi connectivity index (χ3v) is 5.83. The summed E-state index contributed by atoms with van der Waals surface area (Å²) in [6, 6.07) is 2.36. The van der Waals surface area contributed by atoms with Gasteiger partial charge in [0.15, 0.2) is 0 Å². The summed E-state index contributed by atoms with van der Waals surface area (Å²) in [5.41, 5.74) is 0.958. The number of aromatic nitrogens is 2. The zero-order valence-corrected chi connectivity index (χ0v) is 15.7. The van der Waals surface area contributed by atoms with Crippen molar-refractivity contribution in [2.24, 2.45) is 7.05 Å². The highest BCUT2D eigenvalue weighted by molar-refractivity contribution is 7.84. The van der Waals surface area contributed by atoms with Gasteiger partial charge in [-0.25, -0.2) is 13.5 Å². The second-order valence-corrected chi connectivity index (χ2v) is 7.75. The minimum atomic E-state index is -2.72. The second kappa shape index (κ2) is 7.83. The van der Waals surface area contributed by atoms with Gasteiger partial charge in [0.25, 0.3) is 12.3 Å². The fraction of sp³-hybridized carbons (Fsp3) is 0.412. The van der Waals surface area contributed by atoms with Gasteiger partial charge in [-0.1, -0.05) is 0 Å². The van der Waals surface area contributed by atoms with Crippen molar-refractivity contribution in [1.29, 1.82) is 4.78 Å². The fourth-order valence-corrected chi connectivity index (χ4v) is 4.56. The van der Waals surface area contributed by atoms with Gasteiger partial charge in [-0.05, 0) is 48.3 Å². The van der Waals surface area contributed by atoms with Gasteiger partial charge in [-0.3, -0.25) is 14.6 Å². The van der Waals surface area contributed by atoms with Crippen LogP contribution in [0.5, 0.6) is 0 Å². The van der Waals surface area contributed by atoms with E-state index < -0.39 is 35.0 Å². The molecule has 2 aromatic heterocycles. The van der Waals surface area contributed by atoms with Crippen LogP contribution >= 0.6 is 0 Å². The van der Waals surface area contributed by atoms with E-state index in [-0.39, 0.29) is 11.7 Å². The molecule has 3 atom stereocenters. The first-order valence-corrected chi connectivity index (χ1v) is 9.63. The van der Waals surface area contributed by atoms with Crippen LogP contribution in [0.4, 0.5) is 14.5 Å². The number of aryl methyl sites for hydroxylation is 1. The Bertz CT molecular complexity index is 884. The molecule has 2 aromatic rings. The largest absolute Gasteiger partial charge is 0.392 e. The second-order valence-electron chi connectivity index (χ2n) is 6.47. The molecule has 27 heavy (non-hydrogen) atoms. The monoisotopic (exact) mass is 397 g/mol. The van der Waals surface area contributed by atoms with Crippen LogP contribution in [0.15, 0.2) is 29.4 Å². The maximum Gasteiger partial charge on any atom is 0.280 e. The molecule has 0 bridgehead atoms. The molecule has 1 aliphatic rings. The lowest BCUT2D eigenvalue weighted by molar-refractivity contribution is 0.101. The molecule has 0 fully saturated rings. The van der Waals surface area contributed by atoms with E-state index in [0.29, 0.717) is 23.4 Å². The number of hydrogen-bond acceptors (Lipinski definition) is 4. The maximum atomic E-state index is 12.8. The van der Waals surface area contributed by atoms with E-state index in [2.05, 4.69) is 15.0 Å². The Morgan fingerprint density at radius 2 is 2.30 bits per heavy atom. The van der Waals surface area contributed by atoms with Crippen molar-refractivity contribution in [3.05, 3.63) is 41.5 Å². The topological polar surface area (TPSA) is 103 Å². The number of anilines is 1. The van der Waals surface area contributed by atoms with Crippen molar-refractivity contribution in [2.75, 3.05) is 5.32 Å². The summed E-state index contributed by atoms with van der Waals surface area (Å²) in [5, 5.41) is 12.5. The third kappa shape index (κ3) is 4.07. The van der Waals surface area contributed by atoms with Crippen LogP contribution in [0.2, 0.25) is 0 Å². The highest BCUT2D eigenvalue weighted by atomic mass is 32.2. The Kier molecular flexibility index (Phi) is 5.68.